The lowest BCUT2D eigenvalue weighted by molar-refractivity contribution is -0.137. The predicted octanol–water partition coefficient (Wildman–Crippen LogP) is 2.47. The molecule has 2 aromatic rings. The van der Waals surface area contributed by atoms with Crippen LogP contribution in [-0.4, -0.2) is 20.6 Å². The van der Waals surface area contributed by atoms with Crippen molar-refractivity contribution in [1.29, 1.82) is 0 Å². The molecule has 0 aliphatic rings. The summed E-state index contributed by atoms with van der Waals surface area (Å²) in [5.41, 5.74) is 1.99. The number of H-pyrrole nitrogens is 1. The van der Waals surface area contributed by atoms with Crippen molar-refractivity contribution in [3.63, 3.8) is 0 Å². The first-order chi connectivity index (χ1) is 12.0. The summed E-state index contributed by atoms with van der Waals surface area (Å²) in [5.74, 6) is -0.729. The van der Waals surface area contributed by atoms with Crippen molar-refractivity contribution < 1.29 is 9.90 Å². The standard InChI is InChI=1S/C19H24N2O4/c1-14-12-21(19(25)20-18(14)24)13-16-10-8-15(9-11-16)6-4-2-3-5-7-17(22)23/h8-12H,2-7,13H2,1H3,(H,22,23)(H,20,24,25). The molecule has 6 heteroatoms. The zero-order valence-corrected chi connectivity index (χ0v) is 14.5. The van der Waals surface area contributed by atoms with Gasteiger partial charge in [0, 0.05) is 18.2 Å². The Morgan fingerprint density at radius 1 is 1.04 bits per heavy atom. The number of carbonyl (C=O) groups is 1. The Hall–Kier alpha value is -2.63. The molecular formula is C19H24N2O4. The molecule has 0 unspecified atom stereocenters. The lowest BCUT2D eigenvalue weighted by Gasteiger charge is -2.07. The molecule has 25 heavy (non-hydrogen) atoms. The van der Waals surface area contributed by atoms with Crippen molar-refractivity contribution in [2.24, 2.45) is 0 Å². The number of hydrogen-bond acceptors (Lipinski definition) is 3. The van der Waals surface area contributed by atoms with Crippen LogP contribution in [0.4, 0.5) is 0 Å². The van der Waals surface area contributed by atoms with Crippen LogP contribution in [-0.2, 0) is 17.8 Å². The summed E-state index contributed by atoms with van der Waals surface area (Å²) in [4.78, 5) is 35.9. The molecule has 0 saturated carbocycles. The van der Waals surface area contributed by atoms with Gasteiger partial charge in [0.25, 0.3) is 5.56 Å². The number of carboxylic acid groups (broad SMARTS) is 1. The molecular weight excluding hydrogens is 320 g/mol. The van der Waals surface area contributed by atoms with Crippen LogP contribution in [0, 0.1) is 6.92 Å². The van der Waals surface area contributed by atoms with Crippen molar-refractivity contribution in [1.82, 2.24) is 9.55 Å². The predicted molar refractivity (Wildman–Crippen MR) is 96.0 cm³/mol. The van der Waals surface area contributed by atoms with Gasteiger partial charge in [0.2, 0.25) is 0 Å². The second-order valence-electron chi connectivity index (χ2n) is 6.32. The third-order valence-electron chi connectivity index (χ3n) is 4.17. The van der Waals surface area contributed by atoms with Gasteiger partial charge in [0.1, 0.15) is 0 Å². The van der Waals surface area contributed by atoms with E-state index < -0.39 is 11.7 Å². The van der Waals surface area contributed by atoms with Crippen LogP contribution in [0.15, 0.2) is 40.1 Å². The van der Waals surface area contributed by atoms with Crippen molar-refractivity contribution >= 4 is 5.97 Å². The minimum atomic E-state index is -0.729. The molecule has 0 saturated heterocycles. The first-order valence-electron chi connectivity index (χ1n) is 8.55. The summed E-state index contributed by atoms with van der Waals surface area (Å²) in [6.07, 6.45) is 6.54. The molecule has 0 bridgehead atoms. The van der Waals surface area contributed by atoms with Crippen molar-refractivity contribution in [2.75, 3.05) is 0 Å². The van der Waals surface area contributed by atoms with Gasteiger partial charge >= 0.3 is 11.7 Å². The zero-order valence-electron chi connectivity index (χ0n) is 14.5. The van der Waals surface area contributed by atoms with E-state index in [1.165, 1.54) is 10.1 Å². The minimum Gasteiger partial charge on any atom is -0.481 e. The highest BCUT2D eigenvalue weighted by Crippen LogP contribution is 2.11. The number of aromatic amines is 1. The average Bonchev–Trinajstić information content (AvgIpc) is 2.57. The van der Waals surface area contributed by atoms with E-state index in [1.807, 2.05) is 12.1 Å². The van der Waals surface area contributed by atoms with Gasteiger partial charge in [0.15, 0.2) is 0 Å². The summed E-state index contributed by atoms with van der Waals surface area (Å²) in [6, 6.07) is 8.09. The summed E-state index contributed by atoms with van der Waals surface area (Å²) in [7, 11) is 0. The van der Waals surface area contributed by atoms with E-state index in [4.69, 9.17) is 5.11 Å². The maximum Gasteiger partial charge on any atom is 0.328 e. The fourth-order valence-corrected chi connectivity index (χ4v) is 2.70. The Labute approximate surface area is 146 Å². The maximum absolute atomic E-state index is 11.8. The molecule has 0 radical (unpaired) electrons. The Kier molecular flexibility index (Phi) is 6.74. The topological polar surface area (TPSA) is 92.2 Å². The summed E-state index contributed by atoms with van der Waals surface area (Å²) in [5, 5.41) is 8.59. The normalized spacial score (nSPS) is 10.8. The van der Waals surface area contributed by atoms with Gasteiger partial charge < -0.3 is 5.11 Å². The molecule has 0 aliphatic heterocycles. The molecule has 0 fully saturated rings. The fraction of sp³-hybridized carbons (Fsp3) is 0.421. The lowest BCUT2D eigenvalue weighted by Crippen LogP contribution is -2.31. The lowest BCUT2D eigenvalue weighted by atomic mass is 10.0. The van der Waals surface area contributed by atoms with Crippen LogP contribution in [0.5, 0.6) is 0 Å². The van der Waals surface area contributed by atoms with Gasteiger partial charge in [-0.1, -0.05) is 37.1 Å². The Morgan fingerprint density at radius 2 is 1.68 bits per heavy atom. The SMILES string of the molecule is Cc1cn(Cc2ccc(CCCCCCC(=O)O)cc2)c(=O)[nH]c1=O. The van der Waals surface area contributed by atoms with Gasteiger partial charge in [0.05, 0.1) is 6.54 Å². The first kappa shape index (κ1) is 18.7. The number of nitrogens with one attached hydrogen (secondary N) is 1. The van der Waals surface area contributed by atoms with Crippen LogP contribution >= 0.6 is 0 Å². The fourth-order valence-electron chi connectivity index (χ4n) is 2.70. The quantitative estimate of drug-likeness (QED) is 0.684. The number of nitrogens with zero attached hydrogens (tertiary/aromatic N) is 1. The molecule has 1 aromatic carbocycles. The highest BCUT2D eigenvalue weighted by Gasteiger charge is 2.03. The summed E-state index contributed by atoms with van der Waals surface area (Å²) < 4.78 is 1.49. The number of hydrogen-bond donors (Lipinski definition) is 2. The molecule has 0 spiro atoms. The van der Waals surface area contributed by atoms with Crippen LogP contribution in [0.1, 0.15) is 48.8 Å². The highest BCUT2D eigenvalue weighted by atomic mass is 16.4. The van der Waals surface area contributed by atoms with E-state index in [0.29, 0.717) is 12.1 Å². The van der Waals surface area contributed by atoms with Crippen LogP contribution < -0.4 is 11.2 Å². The third kappa shape index (κ3) is 6.06. The van der Waals surface area contributed by atoms with E-state index in [1.54, 1.807) is 13.1 Å². The number of aliphatic carboxylic acids is 1. The highest BCUT2D eigenvalue weighted by molar-refractivity contribution is 5.66. The van der Waals surface area contributed by atoms with E-state index in [-0.39, 0.29) is 12.0 Å². The smallest absolute Gasteiger partial charge is 0.328 e. The van der Waals surface area contributed by atoms with Crippen LogP contribution in [0.2, 0.25) is 0 Å². The molecule has 134 valence electrons. The zero-order chi connectivity index (χ0) is 18.2. The van der Waals surface area contributed by atoms with Crippen LogP contribution in [0.25, 0.3) is 0 Å². The van der Waals surface area contributed by atoms with Crippen molar-refractivity contribution in [2.45, 2.75) is 52.0 Å². The van der Waals surface area contributed by atoms with E-state index in [0.717, 1.165) is 37.7 Å². The Morgan fingerprint density at radius 3 is 2.36 bits per heavy atom. The number of rotatable bonds is 9. The molecule has 0 amide bonds. The van der Waals surface area contributed by atoms with E-state index in [2.05, 4.69) is 17.1 Å². The number of aromatic nitrogens is 2. The number of unbranched alkanes of at least 4 members (excludes halogenated alkanes) is 3. The number of carboxylic acids is 1. The maximum atomic E-state index is 11.8. The monoisotopic (exact) mass is 344 g/mol. The van der Waals surface area contributed by atoms with Gasteiger partial charge in [-0.05, 0) is 37.3 Å². The Balaban J connectivity index is 1.84. The van der Waals surface area contributed by atoms with Gasteiger partial charge in [-0.3, -0.25) is 19.1 Å². The van der Waals surface area contributed by atoms with Crippen molar-refractivity contribution in [3.8, 4) is 0 Å². The molecule has 6 nitrogen and oxygen atoms in total. The van der Waals surface area contributed by atoms with Gasteiger partial charge in [-0.2, -0.15) is 0 Å². The average molecular weight is 344 g/mol. The number of aryl methyl sites for hydroxylation is 2. The van der Waals surface area contributed by atoms with Crippen molar-refractivity contribution in [3.05, 3.63) is 68.0 Å². The number of benzene rings is 1. The molecule has 0 aliphatic carbocycles. The Bertz CT molecular complexity index is 819. The van der Waals surface area contributed by atoms with Gasteiger partial charge in [-0.25, -0.2) is 4.79 Å². The van der Waals surface area contributed by atoms with E-state index in [9.17, 15) is 14.4 Å². The second-order valence-corrected chi connectivity index (χ2v) is 6.32. The third-order valence-corrected chi connectivity index (χ3v) is 4.17. The van der Waals surface area contributed by atoms with Gasteiger partial charge in [-0.15, -0.1) is 0 Å². The molecule has 1 aromatic heterocycles. The van der Waals surface area contributed by atoms with Crippen LogP contribution in [0.3, 0.4) is 0 Å². The molecule has 2 N–H and O–H groups in total. The molecule has 2 rings (SSSR count). The summed E-state index contributed by atoms with van der Waals surface area (Å²) in [6.45, 7) is 2.10. The first-order valence-corrected chi connectivity index (χ1v) is 8.55. The minimum absolute atomic E-state index is 0.248. The van der Waals surface area contributed by atoms with E-state index >= 15 is 0 Å². The molecule has 0 atom stereocenters. The summed E-state index contributed by atoms with van der Waals surface area (Å²) >= 11 is 0. The largest absolute Gasteiger partial charge is 0.481 e. The molecule has 1 heterocycles. The second kappa shape index (κ2) is 9.01.